The van der Waals surface area contributed by atoms with Crippen molar-refractivity contribution in [2.75, 3.05) is 0 Å². The number of hydrogen-bond acceptors (Lipinski definition) is 3. The van der Waals surface area contributed by atoms with Gasteiger partial charge in [-0.2, -0.15) is 0 Å². The lowest BCUT2D eigenvalue weighted by atomic mass is 9.76. The molecule has 1 aliphatic rings. The van der Waals surface area contributed by atoms with E-state index in [9.17, 15) is 9.90 Å². The number of aromatic carboxylic acids is 1. The molecule has 17 heavy (non-hydrogen) atoms. The van der Waals surface area contributed by atoms with Crippen LogP contribution in [0.2, 0.25) is 0 Å². The third-order valence-electron chi connectivity index (χ3n) is 3.83. The van der Waals surface area contributed by atoms with Crippen LogP contribution < -0.4 is 0 Å². The van der Waals surface area contributed by atoms with E-state index in [2.05, 4.69) is 6.92 Å². The molecule has 0 bridgehead atoms. The van der Waals surface area contributed by atoms with E-state index in [0.717, 1.165) is 19.3 Å². The molecular weight excluding hydrogens is 220 g/mol. The molecule has 0 unspecified atom stereocenters. The summed E-state index contributed by atoms with van der Waals surface area (Å²) in [5, 5.41) is 19.5. The minimum atomic E-state index is -1.09. The summed E-state index contributed by atoms with van der Waals surface area (Å²) < 4.78 is 5.21. The highest BCUT2D eigenvalue weighted by molar-refractivity contribution is 5.89. The van der Waals surface area contributed by atoms with Gasteiger partial charge in [0.1, 0.15) is 16.9 Å². The van der Waals surface area contributed by atoms with E-state index in [-0.39, 0.29) is 11.3 Å². The summed E-state index contributed by atoms with van der Waals surface area (Å²) in [6.45, 7) is 2.14. The Labute approximate surface area is 100 Å². The molecule has 1 aromatic rings. The van der Waals surface area contributed by atoms with E-state index in [1.807, 2.05) is 0 Å². The lowest BCUT2D eigenvalue weighted by Crippen LogP contribution is -2.32. The number of carboxylic acids is 1. The average Bonchev–Trinajstić information content (AvgIpc) is 2.80. The molecule has 0 atom stereocenters. The standard InChI is InChI=1S/C13H18O4/c1-2-9-3-6-13(16,7-4-9)11-10(12(14)15)5-8-17-11/h5,8-9,16H,2-4,6-7H2,1H3,(H,14,15). The molecule has 1 aromatic heterocycles. The zero-order chi connectivity index (χ0) is 12.5. The Balaban J connectivity index is 2.21. The van der Waals surface area contributed by atoms with Crippen LogP contribution in [0.25, 0.3) is 0 Å². The Bertz CT molecular complexity index is 399. The lowest BCUT2D eigenvalue weighted by Gasteiger charge is -2.34. The van der Waals surface area contributed by atoms with Crippen LogP contribution in [-0.2, 0) is 5.60 Å². The van der Waals surface area contributed by atoms with Crippen LogP contribution in [0.5, 0.6) is 0 Å². The maximum Gasteiger partial charge on any atom is 0.339 e. The molecule has 0 aliphatic heterocycles. The average molecular weight is 238 g/mol. The van der Waals surface area contributed by atoms with E-state index in [1.165, 1.54) is 12.3 Å². The van der Waals surface area contributed by atoms with Crippen molar-refractivity contribution in [2.24, 2.45) is 5.92 Å². The molecule has 94 valence electrons. The molecule has 2 rings (SSSR count). The van der Waals surface area contributed by atoms with Gasteiger partial charge in [-0.25, -0.2) is 4.79 Å². The largest absolute Gasteiger partial charge is 0.478 e. The molecule has 0 aromatic carbocycles. The molecule has 1 aliphatic carbocycles. The van der Waals surface area contributed by atoms with Crippen molar-refractivity contribution < 1.29 is 19.4 Å². The minimum absolute atomic E-state index is 0.0856. The smallest absolute Gasteiger partial charge is 0.339 e. The fourth-order valence-corrected chi connectivity index (χ4v) is 2.63. The molecule has 4 heteroatoms. The van der Waals surface area contributed by atoms with Crippen LogP contribution in [0.4, 0.5) is 0 Å². The van der Waals surface area contributed by atoms with Crippen LogP contribution in [-0.4, -0.2) is 16.2 Å². The van der Waals surface area contributed by atoms with Crippen molar-refractivity contribution in [3.8, 4) is 0 Å². The quantitative estimate of drug-likeness (QED) is 0.849. The number of furan rings is 1. The monoisotopic (exact) mass is 238 g/mol. The van der Waals surface area contributed by atoms with Gasteiger partial charge in [-0.15, -0.1) is 0 Å². The van der Waals surface area contributed by atoms with Gasteiger partial charge in [0, 0.05) is 0 Å². The molecule has 0 spiro atoms. The van der Waals surface area contributed by atoms with Gasteiger partial charge in [-0.1, -0.05) is 13.3 Å². The van der Waals surface area contributed by atoms with Gasteiger partial charge in [-0.05, 0) is 37.7 Å². The van der Waals surface area contributed by atoms with Crippen molar-refractivity contribution in [1.29, 1.82) is 0 Å². The molecular formula is C13H18O4. The van der Waals surface area contributed by atoms with E-state index in [0.29, 0.717) is 18.8 Å². The van der Waals surface area contributed by atoms with Gasteiger partial charge >= 0.3 is 5.97 Å². The Morgan fingerprint density at radius 3 is 2.71 bits per heavy atom. The maximum absolute atomic E-state index is 11.0. The Morgan fingerprint density at radius 1 is 1.53 bits per heavy atom. The Hall–Kier alpha value is -1.29. The predicted molar refractivity (Wildman–Crippen MR) is 61.8 cm³/mol. The second kappa shape index (κ2) is 4.53. The van der Waals surface area contributed by atoms with Gasteiger partial charge < -0.3 is 14.6 Å². The molecule has 1 fully saturated rings. The second-order valence-corrected chi connectivity index (χ2v) is 4.85. The summed E-state index contributed by atoms with van der Waals surface area (Å²) in [5.74, 6) is -0.183. The van der Waals surface area contributed by atoms with Crippen molar-refractivity contribution in [3.63, 3.8) is 0 Å². The van der Waals surface area contributed by atoms with E-state index >= 15 is 0 Å². The van der Waals surface area contributed by atoms with Crippen molar-refractivity contribution >= 4 is 5.97 Å². The Kier molecular flexibility index (Phi) is 3.24. The maximum atomic E-state index is 11.0. The first-order valence-electron chi connectivity index (χ1n) is 6.10. The number of rotatable bonds is 3. The van der Waals surface area contributed by atoms with Gasteiger partial charge in [-0.3, -0.25) is 0 Å². The second-order valence-electron chi connectivity index (χ2n) is 4.85. The van der Waals surface area contributed by atoms with Crippen LogP contribution in [0.1, 0.15) is 55.1 Å². The fraction of sp³-hybridized carbons (Fsp3) is 0.615. The van der Waals surface area contributed by atoms with Crippen molar-refractivity contribution in [3.05, 3.63) is 23.7 Å². The van der Waals surface area contributed by atoms with E-state index in [1.54, 1.807) is 0 Å². The minimum Gasteiger partial charge on any atom is -0.478 e. The fourth-order valence-electron chi connectivity index (χ4n) is 2.63. The molecule has 1 saturated carbocycles. The van der Waals surface area contributed by atoms with Crippen LogP contribution >= 0.6 is 0 Å². The SMILES string of the molecule is CCC1CCC(O)(c2occc2C(=O)O)CC1. The van der Waals surface area contributed by atoms with Crippen LogP contribution in [0.15, 0.2) is 16.7 Å². The van der Waals surface area contributed by atoms with Gasteiger partial charge in [0.15, 0.2) is 0 Å². The molecule has 1 heterocycles. The van der Waals surface area contributed by atoms with Crippen molar-refractivity contribution in [2.45, 2.75) is 44.6 Å². The van der Waals surface area contributed by atoms with Gasteiger partial charge in [0.05, 0.1) is 6.26 Å². The van der Waals surface area contributed by atoms with E-state index in [4.69, 9.17) is 9.52 Å². The van der Waals surface area contributed by atoms with Crippen molar-refractivity contribution in [1.82, 2.24) is 0 Å². The third-order valence-corrected chi connectivity index (χ3v) is 3.83. The zero-order valence-corrected chi connectivity index (χ0v) is 9.98. The first-order chi connectivity index (χ1) is 8.07. The molecule has 2 N–H and O–H groups in total. The molecule has 0 radical (unpaired) electrons. The topological polar surface area (TPSA) is 70.7 Å². The zero-order valence-electron chi connectivity index (χ0n) is 9.98. The van der Waals surface area contributed by atoms with E-state index < -0.39 is 11.6 Å². The lowest BCUT2D eigenvalue weighted by molar-refractivity contribution is -0.0333. The van der Waals surface area contributed by atoms with Crippen LogP contribution in [0.3, 0.4) is 0 Å². The van der Waals surface area contributed by atoms with Crippen LogP contribution in [0, 0.1) is 5.92 Å². The molecule has 4 nitrogen and oxygen atoms in total. The summed E-state index contributed by atoms with van der Waals surface area (Å²) in [5.41, 5.74) is -1.01. The first-order valence-corrected chi connectivity index (χ1v) is 6.10. The normalized spacial score (nSPS) is 29.2. The third kappa shape index (κ3) is 2.22. The summed E-state index contributed by atoms with van der Waals surface area (Å²) in [7, 11) is 0. The predicted octanol–water partition coefficient (Wildman–Crippen LogP) is 2.77. The van der Waals surface area contributed by atoms with Gasteiger partial charge in [0.2, 0.25) is 0 Å². The summed E-state index contributed by atoms with van der Waals surface area (Å²) >= 11 is 0. The molecule has 0 saturated heterocycles. The highest BCUT2D eigenvalue weighted by Crippen LogP contribution is 2.41. The number of carboxylic acid groups (broad SMARTS) is 1. The highest BCUT2D eigenvalue weighted by atomic mass is 16.4. The number of aliphatic hydroxyl groups is 1. The summed E-state index contributed by atoms with van der Waals surface area (Å²) in [6.07, 6.45) is 5.46. The Morgan fingerprint density at radius 2 is 2.18 bits per heavy atom. The summed E-state index contributed by atoms with van der Waals surface area (Å²) in [4.78, 5) is 11.0. The number of hydrogen-bond donors (Lipinski definition) is 2. The first kappa shape index (κ1) is 12.2. The van der Waals surface area contributed by atoms with Gasteiger partial charge in [0.25, 0.3) is 0 Å². The molecule has 0 amide bonds. The highest BCUT2D eigenvalue weighted by Gasteiger charge is 2.39. The number of carbonyl (C=O) groups is 1. The summed E-state index contributed by atoms with van der Waals surface area (Å²) in [6, 6.07) is 1.40.